The third-order valence-electron chi connectivity index (χ3n) is 2.10. The molecule has 0 unspecified atom stereocenters. The van der Waals surface area contributed by atoms with Gasteiger partial charge in [0.1, 0.15) is 5.82 Å². The highest BCUT2D eigenvalue weighted by atomic mass is 35.5. The molecule has 4 heteroatoms. The molecule has 16 heavy (non-hydrogen) atoms. The van der Waals surface area contributed by atoms with E-state index in [2.05, 4.69) is 4.98 Å². The largest absolute Gasteiger partial charge is 0.288 e. The average molecular weight is 236 g/mol. The Hall–Kier alpha value is -1.74. The Morgan fingerprint density at radius 2 is 2.12 bits per heavy atom. The molecular weight excluding hydrogens is 229 g/mol. The third kappa shape index (κ3) is 2.09. The summed E-state index contributed by atoms with van der Waals surface area (Å²) in [7, 11) is 0. The SMILES string of the molecule is O=C(c1cccnc1)c1ccc(F)cc1Cl. The van der Waals surface area contributed by atoms with Gasteiger partial charge in [-0.05, 0) is 30.3 Å². The zero-order valence-electron chi connectivity index (χ0n) is 8.15. The summed E-state index contributed by atoms with van der Waals surface area (Å²) in [6, 6.07) is 6.98. The molecule has 1 aromatic heterocycles. The lowest BCUT2D eigenvalue weighted by Gasteiger charge is -2.02. The first-order chi connectivity index (χ1) is 7.68. The average Bonchev–Trinajstić information content (AvgIpc) is 2.29. The summed E-state index contributed by atoms with van der Waals surface area (Å²) in [5.74, 6) is -0.731. The Labute approximate surface area is 96.7 Å². The van der Waals surface area contributed by atoms with E-state index < -0.39 is 5.82 Å². The molecule has 0 spiro atoms. The van der Waals surface area contributed by atoms with Crippen LogP contribution in [0.15, 0.2) is 42.7 Å². The van der Waals surface area contributed by atoms with Crippen LogP contribution in [0, 0.1) is 5.82 Å². The Morgan fingerprint density at radius 1 is 1.31 bits per heavy atom. The fraction of sp³-hybridized carbons (Fsp3) is 0. The lowest BCUT2D eigenvalue weighted by molar-refractivity contribution is 0.103. The van der Waals surface area contributed by atoms with Crippen molar-refractivity contribution in [3.8, 4) is 0 Å². The number of carbonyl (C=O) groups excluding carboxylic acids is 1. The van der Waals surface area contributed by atoms with Crippen molar-refractivity contribution >= 4 is 17.4 Å². The smallest absolute Gasteiger partial charge is 0.196 e. The van der Waals surface area contributed by atoms with Gasteiger partial charge >= 0.3 is 0 Å². The summed E-state index contributed by atoms with van der Waals surface area (Å²) in [5, 5.41) is 0.105. The van der Waals surface area contributed by atoms with Crippen molar-refractivity contribution in [2.75, 3.05) is 0 Å². The number of nitrogens with zero attached hydrogens (tertiary/aromatic N) is 1. The van der Waals surface area contributed by atoms with E-state index in [1.54, 1.807) is 18.3 Å². The minimum atomic E-state index is -0.465. The van der Waals surface area contributed by atoms with E-state index in [0.29, 0.717) is 5.56 Å². The maximum absolute atomic E-state index is 12.8. The fourth-order valence-electron chi connectivity index (χ4n) is 1.33. The van der Waals surface area contributed by atoms with Crippen LogP contribution in [0.5, 0.6) is 0 Å². The van der Waals surface area contributed by atoms with Gasteiger partial charge in [-0.3, -0.25) is 9.78 Å². The minimum absolute atomic E-state index is 0.105. The summed E-state index contributed by atoms with van der Waals surface area (Å²) in [6.45, 7) is 0. The molecule has 0 fully saturated rings. The molecule has 0 saturated carbocycles. The topological polar surface area (TPSA) is 30.0 Å². The predicted octanol–water partition coefficient (Wildman–Crippen LogP) is 3.11. The molecule has 0 N–H and O–H groups in total. The first-order valence-electron chi connectivity index (χ1n) is 4.58. The van der Waals surface area contributed by atoms with Crippen LogP contribution < -0.4 is 0 Å². The van der Waals surface area contributed by atoms with Gasteiger partial charge < -0.3 is 0 Å². The van der Waals surface area contributed by atoms with Gasteiger partial charge in [0, 0.05) is 23.5 Å². The van der Waals surface area contributed by atoms with Gasteiger partial charge in [-0.25, -0.2) is 4.39 Å². The zero-order chi connectivity index (χ0) is 11.5. The highest BCUT2D eigenvalue weighted by molar-refractivity contribution is 6.34. The Morgan fingerprint density at radius 3 is 2.75 bits per heavy atom. The van der Waals surface area contributed by atoms with Crippen LogP contribution in [0.1, 0.15) is 15.9 Å². The molecule has 0 bridgehead atoms. The van der Waals surface area contributed by atoms with Gasteiger partial charge in [0.05, 0.1) is 5.02 Å². The van der Waals surface area contributed by atoms with Crippen molar-refractivity contribution in [2.24, 2.45) is 0 Å². The lowest BCUT2D eigenvalue weighted by Crippen LogP contribution is -2.02. The van der Waals surface area contributed by atoms with Gasteiger partial charge in [0.2, 0.25) is 0 Å². The number of benzene rings is 1. The van der Waals surface area contributed by atoms with Gasteiger partial charge in [-0.15, -0.1) is 0 Å². The third-order valence-corrected chi connectivity index (χ3v) is 2.41. The maximum atomic E-state index is 12.8. The van der Waals surface area contributed by atoms with Crippen LogP contribution in [0.2, 0.25) is 5.02 Å². The zero-order valence-corrected chi connectivity index (χ0v) is 8.91. The van der Waals surface area contributed by atoms with E-state index in [1.807, 2.05) is 0 Å². The Bertz CT molecular complexity index is 528. The molecule has 1 aromatic carbocycles. The number of halogens is 2. The van der Waals surface area contributed by atoms with E-state index in [-0.39, 0.29) is 16.4 Å². The number of pyridine rings is 1. The first kappa shape index (κ1) is 10.8. The number of rotatable bonds is 2. The summed E-state index contributed by atoms with van der Waals surface area (Å²) in [5.41, 5.74) is 0.701. The minimum Gasteiger partial charge on any atom is -0.288 e. The van der Waals surface area contributed by atoms with Gasteiger partial charge in [-0.1, -0.05) is 11.6 Å². The second kappa shape index (κ2) is 4.41. The van der Waals surface area contributed by atoms with E-state index in [4.69, 9.17) is 11.6 Å². The van der Waals surface area contributed by atoms with Gasteiger partial charge in [-0.2, -0.15) is 0 Å². The molecule has 2 nitrogen and oxygen atoms in total. The van der Waals surface area contributed by atoms with Crippen LogP contribution in [-0.2, 0) is 0 Å². The fourth-order valence-corrected chi connectivity index (χ4v) is 1.58. The van der Waals surface area contributed by atoms with E-state index in [1.165, 1.54) is 18.3 Å². The number of hydrogen-bond donors (Lipinski definition) is 0. The highest BCUT2D eigenvalue weighted by Crippen LogP contribution is 2.20. The van der Waals surface area contributed by atoms with Crippen molar-refractivity contribution in [2.45, 2.75) is 0 Å². The molecule has 1 heterocycles. The predicted molar refractivity (Wildman–Crippen MR) is 59.1 cm³/mol. The lowest BCUT2D eigenvalue weighted by atomic mass is 10.1. The summed E-state index contributed by atoms with van der Waals surface area (Å²) in [6.07, 6.45) is 3.02. The number of carbonyl (C=O) groups is 1. The van der Waals surface area contributed by atoms with Crippen LogP contribution >= 0.6 is 11.6 Å². The van der Waals surface area contributed by atoms with E-state index in [9.17, 15) is 9.18 Å². The molecule has 0 radical (unpaired) electrons. The molecule has 80 valence electrons. The van der Waals surface area contributed by atoms with E-state index in [0.717, 1.165) is 6.07 Å². The van der Waals surface area contributed by atoms with Gasteiger partial charge in [0.15, 0.2) is 5.78 Å². The number of ketones is 1. The molecule has 0 aliphatic rings. The first-order valence-corrected chi connectivity index (χ1v) is 4.96. The van der Waals surface area contributed by atoms with Crippen LogP contribution in [0.3, 0.4) is 0 Å². The number of hydrogen-bond acceptors (Lipinski definition) is 2. The monoisotopic (exact) mass is 235 g/mol. The quantitative estimate of drug-likeness (QED) is 0.749. The molecular formula is C12H7ClFNO. The molecule has 0 aliphatic carbocycles. The van der Waals surface area contributed by atoms with E-state index >= 15 is 0 Å². The van der Waals surface area contributed by atoms with Crippen molar-refractivity contribution < 1.29 is 9.18 Å². The van der Waals surface area contributed by atoms with Gasteiger partial charge in [0.25, 0.3) is 0 Å². The Kier molecular flexibility index (Phi) is 2.97. The standard InChI is InChI=1S/C12H7ClFNO/c13-11-6-9(14)3-4-10(11)12(16)8-2-1-5-15-7-8/h1-7H. The molecule has 0 saturated heterocycles. The van der Waals surface area contributed by atoms with Crippen molar-refractivity contribution in [3.63, 3.8) is 0 Å². The summed E-state index contributed by atoms with van der Waals surface area (Å²) < 4.78 is 12.8. The second-order valence-corrected chi connectivity index (χ2v) is 3.60. The van der Waals surface area contributed by atoms with Crippen molar-refractivity contribution in [1.29, 1.82) is 0 Å². The van der Waals surface area contributed by atoms with Crippen LogP contribution in [0.25, 0.3) is 0 Å². The molecule has 0 aliphatic heterocycles. The summed E-state index contributed by atoms with van der Waals surface area (Å²) >= 11 is 5.79. The van der Waals surface area contributed by atoms with Crippen LogP contribution in [0.4, 0.5) is 4.39 Å². The second-order valence-electron chi connectivity index (χ2n) is 3.19. The van der Waals surface area contributed by atoms with Crippen LogP contribution in [-0.4, -0.2) is 10.8 Å². The maximum Gasteiger partial charge on any atom is 0.196 e. The van der Waals surface area contributed by atoms with Crippen molar-refractivity contribution in [1.82, 2.24) is 4.98 Å². The molecule has 2 rings (SSSR count). The normalized spacial score (nSPS) is 10.1. The summed E-state index contributed by atoms with van der Waals surface area (Å²) in [4.78, 5) is 15.8. The highest BCUT2D eigenvalue weighted by Gasteiger charge is 2.13. The molecule has 2 aromatic rings. The Balaban J connectivity index is 2.42. The molecule has 0 atom stereocenters. The number of aromatic nitrogens is 1. The molecule has 0 amide bonds. The van der Waals surface area contributed by atoms with Crippen molar-refractivity contribution in [3.05, 3.63) is 64.7 Å².